The summed E-state index contributed by atoms with van der Waals surface area (Å²) < 4.78 is 6.70. The van der Waals surface area contributed by atoms with Crippen molar-refractivity contribution in [2.75, 3.05) is 13.2 Å². The Balaban J connectivity index is 1.62. The first kappa shape index (κ1) is 26.3. The van der Waals surface area contributed by atoms with Crippen molar-refractivity contribution in [1.82, 2.24) is 14.7 Å². The molecule has 5 rings (SSSR count). The average Bonchev–Trinajstić information content (AvgIpc) is 3.39. The van der Waals surface area contributed by atoms with E-state index in [1.165, 1.54) is 6.92 Å². The summed E-state index contributed by atoms with van der Waals surface area (Å²) in [6.45, 7) is 2.97. The number of nitriles is 1. The Morgan fingerprint density at radius 3 is 2.45 bits per heavy atom. The van der Waals surface area contributed by atoms with Gasteiger partial charge in [0.15, 0.2) is 0 Å². The van der Waals surface area contributed by atoms with E-state index in [9.17, 15) is 19.6 Å². The van der Waals surface area contributed by atoms with Crippen LogP contribution in [0.2, 0.25) is 0 Å². The lowest BCUT2D eigenvalue weighted by Crippen LogP contribution is -2.43. The first-order valence-corrected chi connectivity index (χ1v) is 12.8. The zero-order chi connectivity index (χ0) is 28.2. The minimum atomic E-state index is -0.653. The molecule has 198 valence electrons. The van der Waals surface area contributed by atoms with Crippen LogP contribution in [-0.4, -0.2) is 45.6 Å². The molecule has 0 saturated carbocycles. The molecule has 2 heterocycles. The summed E-state index contributed by atoms with van der Waals surface area (Å²) in [4.78, 5) is 38.7. The monoisotopic (exact) mass is 530 g/mol. The summed E-state index contributed by atoms with van der Waals surface area (Å²) in [5.41, 5.74) is 3.47. The highest BCUT2D eigenvalue weighted by molar-refractivity contribution is 6.19. The first-order valence-electron chi connectivity index (χ1n) is 12.8. The second kappa shape index (κ2) is 11.2. The van der Waals surface area contributed by atoms with Gasteiger partial charge in [-0.1, -0.05) is 54.6 Å². The van der Waals surface area contributed by atoms with Gasteiger partial charge in [-0.15, -0.1) is 0 Å². The van der Waals surface area contributed by atoms with E-state index in [0.29, 0.717) is 16.8 Å². The summed E-state index contributed by atoms with van der Waals surface area (Å²) in [7, 11) is 0. The summed E-state index contributed by atoms with van der Waals surface area (Å²) in [5.74, 6) is -1.61. The van der Waals surface area contributed by atoms with Gasteiger partial charge >= 0.3 is 5.97 Å². The summed E-state index contributed by atoms with van der Waals surface area (Å²) >= 11 is 0. The van der Waals surface area contributed by atoms with Crippen molar-refractivity contribution in [3.8, 4) is 23.0 Å². The van der Waals surface area contributed by atoms with Gasteiger partial charge < -0.3 is 4.74 Å². The number of fused-ring (bicyclic) bond motifs is 1. The van der Waals surface area contributed by atoms with Crippen molar-refractivity contribution in [1.29, 1.82) is 5.26 Å². The number of imide groups is 1. The fourth-order valence-electron chi connectivity index (χ4n) is 4.69. The second-order valence-electron chi connectivity index (χ2n) is 9.40. The van der Waals surface area contributed by atoms with Gasteiger partial charge in [-0.05, 0) is 54.0 Å². The van der Waals surface area contributed by atoms with Gasteiger partial charge in [0, 0.05) is 36.4 Å². The number of aromatic nitrogens is 2. The highest BCUT2D eigenvalue weighted by Crippen LogP contribution is 2.32. The molecule has 0 spiro atoms. The lowest BCUT2D eigenvalue weighted by Gasteiger charge is -2.27. The average molecular weight is 531 g/mol. The SMILES string of the molecule is CC(=O)OCCCN1C(=O)C(C#N)=C(C)/C(=C\c2cn(-c3ccccc3)nc2-c2ccc3ccccc3c2)C1=O. The quantitative estimate of drug-likeness (QED) is 0.140. The van der Waals surface area contributed by atoms with Crippen molar-refractivity contribution in [3.05, 3.63) is 101 Å². The Hall–Kier alpha value is -5.29. The summed E-state index contributed by atoms with van der Waals surface area (Å²) in [5, 5.41) is 16.8. The van der Waals surface area contributed by atoms with Crippen LogP contribution in [-0.2, 0) is 19.1 Å². The number of para-hydroxylation sites is 1. The topological polar surface area (TPSA) is 105 Å². The van der Waals surface area contributed by atoms with Crippen molar-refractivity contribution in [3.63, 3.8) is 0 Å². The van der Waals surface area contributed by atoms with Crippen LogP contribution < -0.4 is 0 Å². The fourth-order valence-corrected chi connectivity index (χ4v) is 4.69. The number of ether oxygens (including phenoxy) is 1. The number of carbonyl (C=O) groups is 3. The number of amides is 2. The van der Waals surface area contributed by atoms with Crippen LogP contribution in [0.15, 0.2) is 95.7 Å². The fraction of sp³-hybridized carbons (Fsp3) is 0.156. The van der Waals surface area contributed by atoms with Gasteiger partial charge in [0.25, 0.3) is 11.8 Å². The van der Waals surface area contributed by atoms with Gasteiger partial charge in [-0.25, -0.2) is 4.68 Å². The van der Waals surface area contributed by atoms with E-state index in [1.807, 2.05) is 85.1 Å². The van der Waals surface area contributed by atoms with Crippen LogP contribution in [0.3, 0.4) is 0 Å². The molecular formula is C32H26N4O4. The Labute approximate surface area is 231 Å². The molecule has 40 heavy (non-hydrogen) atoms. The lowest BCUT2D eigenvalue weighted by atomic mass is 9.93. The van der Waals surface area contributed by atoms with Crippen molar-refractivity contribution in [2.45, 2.75) is 20.3 Å². The van der Waals surface area contributed by atoms with Gasteiger partial charge in [0.1, 0.15) is 11.6 Å². The minimum absolute atomic E-state index is 0.0154. The number of benzene rings is 3. The molecule has 2 amide bonds. The maximum Gasteiger partial charge on any atom is 0.302 e. The molecule has 8 nitrogen and oxygen atoms in total. The molecule has 0 fully saturated rings. The molecule has 1 aromatic heterocycles. The minimum Gasteiger partial charge on any atom is -0.466 e. The van der Waals surface area contributed by atoms with E-state index in [-0.39, 0.29) is 30.7 Å². The molecule has 0 radical (unpaired) electrons. The van der Waals surface area contributed by atoms with E-state index >= 15 is 0 Å². The van der Waals surface area contributed by atoms with Crippen LogP contribution in [0.25, 0.3) is 33.8 Å². The zero-order valence-electron chi connectivity index (χ0n) is 22.1. The third kappa shape index (κ3) is 5.18. The zero-order valence-corrected chi connectivity index (χ0v) is 22.1. The van der Waals surface area contributed by atoms with Crippen LogP contribution in [0, 0.1) is 11.3 Å². The van der Waals surface area contributed by atoms with E-state index in [0.717, 1.165) is 26.9 Å². The third-order valence-electron chi connectivity index (χ3n) is 6.74. The molecule has 8 heteroatoms. The molecule has 3 aromatic carbocycles. The van der Waals surface area contributed by atoms with E-state index < -0.39 is 17.8 Å². The van der Waals surface area contributed by atoms with Gasteiger partial charge in [0.2, 0.25) is 0 Å². The predicted octanol–water partition coefficient (Wildman–Crippen LogP) is 5.24. The summed E-state index contributed by atoms with van der Waals surface area (Å²) in [6, 6.07) is 25.7. The number of nitrogens with zero attached hydrogens (tertiary/aromatic N) is 4. The number of carbonyl (C=O) groups excluding carboxylic acids is 3. The predicted molar refractivity (Wildman–Crippen MR) is 151 cm³/mol. The third-order valence-corrected chi connectivity index (χ3v) is 6.74. The largest absolute Gasteiger partial charge is 0.466 e. The maximum atomic E-state index is 13.6. The number of hydrogen-bond donors (Lipinski definition) is 0. The van der Waals surface area contributed by atoms with Gasteiger partial charge in [0.05, 0.1) is 18.0 Å². The molecule has 4 aromatic rings. The number of hydrogen-bond acceptors (Lipinski definition) is 6. The molecule has 0 saturated heterocycles. The number of rotatable bonds is 7. The molecule has 0 aliphatic carbocycles. The second-order valence-corrected chi connectivity index (χ2v) is 9.40. The van der Waals surface area contributed by atoms with Crippen molar-refractivity contribution < 1.29 is 19.1 Å². The van der Waals surface area contributed by atoms with Gasteiger partial charge in [-0.2, -0.15) is 10.4 Å². The van der Waals surface area contributed by atoms with Gasteiger partial charge in [-0.3, -0.25) is 19.3 Å². The Morgan fingerprint density at radius 2 is 1.73 bits per heavy atom. The normalized spacial score (nSPS) is 14.6. The molecular weight excluding hydrogens is 504 g/mol. The van der Waals surface area contributed by atoms with E-state index in [2.05, 4.69) is 0 Å². The smallest absolute Gasteiger partial charge is 0.302 e. The van der Waals surface area contributed by atoms with E-state index in [1.54, 1.807) is 17.7 Å². The van der Waals surface area contributed by atoms with Crippen molar-refractivity contribution in [2.24, 2.45) is 0 Å². The molecule has 1 aliphatic heterocycles. The molecule has 0 unspecified atom stereocenters. The Bertz CT molecular complexity index is 1740. The number of esters is 1. The summed E-state index contributed by atoms with van der Waals surface area (Å²) in [6.07, 6.45) is 3.79. The van der Waals surface area contributed by atoms with Crippen molar-refractivity contribution >= 4 is 34.6 Å². The van der Waals surface area contributed by atoms with Crippen LogP contribution in [0.1, 0.15) is 25.8 Å². The molecule has 0 atom stereocenters. The van der Waals surface area contributed by atoms with Crippen LogP contribution in [0.4, 0.5) is 0 Å². The van der Waals surface area contributed by atoms with Crippen LogP contribution in [0.5, 0.6) is 0 Å². The highest BCUT2D eigenvalue weighted by atomic mass is 16.5. The molecule has 1 aliphatic rings. The van der Waals surface area contributed by atoms with Crippen LogP contribution >= 0.6 is 0 Å². The lowest BCUT2D eigenvalue weighted by molar-refractivity contribution is -0.141. The highest BCUT2D eigenvalue weighted by Gasteiger charge is 2.35. The van der Waals surface area contributed by atoms with E-state index in [4.69, 9.17) is 9.84 Å². The molecule has 0 N–H and O–H groups in total. The Morgan fingerprint density at radius 1 is 1.00 bits per heavy atom. The standard InChI is InChI=1S/C32H26N4O4/c1-21-28(31(38)35(32(39)29(21)19-33)15-8-16-40-22(2)37)18-26-20-36(27-11-4-3-5-12-27)34-30(26)25-14-13-23-9-6-7-10-24(23)17-25/h3-7,9-14,17-18,20H,8,15-16H2,1-2H3/b28-18+. The molecule has 0 bridgehead atoms. The maximum absolute atomic E-state index is 13.6. The first-order chi connectivity index (χ1) is 19.4. The Kier molecular flexibility index (Phi) is 7.38.